The lowest BCUT2D eigenvalue weighted by Crippen LogP contribution is -2.50. The van der Waals surface area contributed by atoms with Crippen LogP contribution in [0.1, 0.15) is 213 Å². The molecule has 18 atom stereocenters. The van der Waals surface area contributed by atoms with Crippen molar-refractivity contribution in [3.8, 4) is 0 Å². The van der Waals surface area contributed by atoms with Crippen LogP contribution in [-0.4, -0.2) is 22.4 Å². The number of aliphatic hydroxyl groups is 2. The van der Waals surface area contributed by atoms with E-state index in [-0.39, 0.29) is 23.6 Å². The summed E-state index contributed by atoms with van der Waals surface area (Å²) in [6, 6.07) is 0. The van der Waals surface area contributed by atoms with E-state index in [4.69, 9.17) is 2.74 Å². The molecule has 0 amide bonds. The van der Waals surface area contributed by atoms with Gasteiger partial charge in [0.1, 0.15) is 0 Å². The van der Waals surface area contributed by atoms with E-state index in [0.29, 0.717) is 10.8 Å². The van der Waals surface area contributed by atoms with Gasteiger partial charge in [-0.1, -0.05) is 131 Å². The van der Waals surface area contributed by atoms with Gasteiger partial charge in [-0.15, -0.1) is 0 Å². The highest BCUT2D eigenvalue weighted by molar-refractivity contribution is 5.27. The topological polar surface area (TPSA) is 40.5 Å². The highest BCUT2D eigenvalue weighted by atomic mass is 16.3. The number of allylic oxidation sites excluding steroid dienone is 2. The number of hydrogen-bond acceptors (Lipinski definition) is 2. The predicted octanol–water partition coefficient (Wildman–Crippen LogP) is 14.8. The summed E-state index contributed by atoms with van der Waals surface area (Å²) in [7, 11) is 0. The van der Waals surface area contributed by atoms with Gasteiger partial charge in [-0.2, -0.15) is 0 Å². The fourth-order valence-corrected chi connectivity index (χ4v) is 16.9. The van der Waals surface area contributed by atoms with E-state index >= 15 is 0 Å². The standard InChI is InChI=1S/2C27H46O/c2*1-18(2)7-6-8-19(3)23-11-12-24-22-10-9-20-17-21(28)13-15-26(20,4)25(22)14-16-27(23,24)5/h2*9,18-19,21-25,28H,6-8,10-17H2,1-5H3/t2*19-,21+,22+,23-,24+,25+,26+,27-/m11/s1/i2*17D/t17?,19-,21+,22+,23-,24+,25+,26+,27-;17-,19-,21+,22+,23-,24+,25+,26+,27-. The molecule has 2 heteroatoms. The molecule has 8 aliphatic rings. The molecule has 8 rings (SSSR count). The van der Waals surface area contributed by atoms with Crippen molar-refractivity contribution < 1.29 is 13.0 Å². The Morgan fingerprint density at radius 1 is 0.536 bits per heavy atom. The first kappa shape index (κ1) is 40.8. The Hall–Kier alpha value is -0.600. The highest BCUT2D eigenvalue weighted by Crippen LogP contribution is 2.69. The van der Waals surface area contributed by atoms with Gasteiger partial charge in [0.25, 0.3) is 0 Å². The molecular weight excluding hydrogens is 681 g/mol. The Balaban J connectivity index is 0.000000177. The second kappa shape index (κ2) is 17.0. The first-order valence-electron chi connectivity index (χ1n) is 26.1. The molecule has 1 unspecified atom stereocenters. The fraction of sp³-hybridized carbons (Fsp3) is 0.926. The quantitative estimate of drug-likeness (QED) is 0.217. The van der Waals surface area contributed by atoms with Gasteiger partial charge in [0, 0.05) is 2.74 Å². The highest BCUT2D eigenvalue weighted by Gasteiger charge is 2.60. The van der Waals surface area contributed by atoms with Gasteiger partial charge in [0.15, 0.2) is 0 Å². The van der Waals surface area contributed by atoms with Crippen molar-refractivity contribution in [3.63, 3.8) is 0 Å². The third-order valence-corrected chi connectivity index (χ3v) is 20.1. The summed E-state index contributed by atoms with van der Waals surface area (Å²) in [4.78, 5) is 0. The maximum Gasteiger partial charge on any atom is 0.0577 e. The summed E-state index contributed by atoms with van der Waals surface area (Å²) < 4.78 is 17.2. The van der Waals surface area contributed by atoms with Crippen LogP contribution in [0, 0.1) is 92.7 Å². The van der Waals surface area contributed by atoms with Gasteiger partial charge in [-0.25, -0.2) is 0 Å². The Morgan fingerprint density at radius 3 is 1.30 bits per heavy atom. The van der Waals surface area contributed by atoms with E-state index in [1.54, 1.807) is 0 Å². The lowest BCUT2D eigenvalue weighted by atomic mass is 9.47. The van der Waals surface area contributed by atoms with Gasteiger partial charge in [0.2, 0.25) is 0 Å². The predicted molar refractivity (Wildman–Crippen MR) is 238 cm³/mol. The molecule has 6 fully saturated rings. The van der Waals surface area contributed by atoms with Crippen molar-refractivity contribution in [2.45, 2.75) is 223 Å². The largest absolute Gasteiger partial charge is 0.393 e. The molecule has 56 heavy (non-hydrogen) atoms. The smallest absolute Gasteiger partial charge is 0.0577 e. The third-order valence-electron chi connectivity index (χ3n) is 20.1. The maximum absolute atomic E-state index is 10.3. The molecular formula is C54H92O2. The molecule has 8 aliphatic carbocycles. The molecule has 0 saturated heterocycles. The summed E-state index contributed by atoms with van der Waals surface area (Å²) in [5.41, 5.74) is 4.01. The molecule has 0 aromatic rings. The van der Waals surface area contributed by atoms with Crippen LogP contribution < -0.4 is 0 Å². The van der Waals surface area contributed by atoms with E-state index in [0.717, 1.165) is 96.7 Å². The minimum atomic E-state index is -0.442. The third kappa shape index (κ3) is 8.00. The molecule has 0 spiro atoms. The normalized spacial score (nSPS) is 49.7. The van der Waals surface area contributed by atoms with Gasteiger partial charge < -0.3 is 10.2 Å². The zero-order valence-electron chi connectivity index (χ0n) is 40.4. The van der Waals surface area contributed by atoms with E-state index in [2.05, 4.69) is 81.4 Å². The molecule has 0 radical (unpaired) electrons. The Kier molecular flexibility index (Phi) is 12.4. The lowest BCUT2D eigenvalue weighted by molar-refractivity contribution is -0.0573. The molecule has 0 aromatic carbocycles. The molecule has 0 bridgehead atoms. The zero-order chi connectivity index (χ0) is 41.9. The van der Waals surface area contributed by atoms with Crippen LogP contribution in [0.15, 0.2) is 23.3 Å². The van der Waals surface area contributed by atoms with E-state index < -0.39 is 12.2 Å². The van der Waals surface area contributed by atoms with Crippen LogP contribution in [0.2, 0.25) is 0 Å². The first-order valence-corrected chi connectivity index (χ1v) is 25.0. The number of aliphatic hydroxyl groups excluding tert-OH is 2. The SMILES string of the molecule is [2H]C1C2=CC[C@H]3[C@@H]4CC[C@H]([C@H](C)CCCC(C)C)[C@@]4(C)CC[C@@H]3[C@@]2(C)CC[C@@H]1O.[2H][C@@H]1C2=CC[C@H]3[C@@H]4CC[C@H]([C@H](C)CCCC(C)C)[C@@]4(C)CC[C@@H]3[C@@]2(C)CC[C@@H]1O. The lowest BCUT2D eigenvalue weighted by Gasteiger charge is -2.58. The van der Waals surface area contributed by atoms with E-state index in [9.17, 15) is 10.2 Å². The molecule has 0 aromatic heterocycles. The molecule has 0 heterocycles. The number of rotatable bonds is 10. The van der Waals surface area contributed by atoms with Gasteiger partial charge in [0.05, 0.1) is 12.2 Å². The summed E-state index contributed by atoms with van der Waals surface area (Å²) in [5.74, 6) is 10.1. The van der Waals surface area contributed by atoms with Crippen LogP contribution in [0.4, 0.5) is 0 Å². The van der Waals surface area contributed by atoms with Crippen molar-refractivity contribution in [2.75, 3.05) is 0 Å². The minimum Gasteiger partial charge on any atom is -0.393 e. The summed E-state index contributed by atoms with van der Waals surface area (Å²) in [5, 5.41) is 20.6. The molecule has 320 valence electrons. The molecule has 0 aliphatic heterocycles. The van der Waals surface area contributed by atoms with E-state index in [1.165, 1.54) is 114 Å². The van der Waals surface area contributed by atoms with Gasteiger partial charge in [-0.3, -0.25) is 0 Å². The monoisotopic (exact) mass is 775 g/mol. The van der Waals surface area contributed by atoms with Crippen molar-refractivity contribution >= 4 is 0 Å². The average molecular weight is 775 g/mol. The van der Waals surface area contributed by atoms with Crippen molar-refractivity contribution in [1.29, 1.82) is 0 Å². The average Bonchev–Trinajstić information content (AvgIpc) is 3.72. The molecule has 6 saturated carbocycles. The van der Waals surface area contributed by atoms with Crippen LogP contribution in [0.5, 0.6) is 0 Å². The summed E-state index contributed by atoms with van der Waals surface area (Å²) >= 11 is 0. The summed E-state index contributed by atoms with van der Waals surface area (Å²) in [6.07, 6.45) is 29.0. The Labute approximate surface area is 350 Å². The fourth-order valence-electron chi connectivity index (χ4n) is 16.9. The maximum atomic E-state index is 10.3. The second-order valence-electron chi connectivity index (χ2n) is 24.0. The Morgan fingerprint density at radius 2 is 0.929 bits per heavy atom. The zero-order valence-corrected chi connectivity index (χ0v) is 38.4. The van der Waals surface area contributed by atoms with Crippen molar-refractivity contribution in [3.05, 3.63) is 23.3 Å². The van der Waals surface area contributed by atoms with Crippen molar-refractivity contribution in [1.82, 2.24) is 0 Å². The Bertz CT molecular complexity index is 1360. The molecule has 2 N–H and O–H groups in total. The molecule has 2 nitrogen and oxygen atoms in total. The van der Waals surface area contributed by atoms with Crippen LogP contribution in [0.3, 0.4) is 0 Å². The van der Waals surface area contributed by atoms with Crippen LogP contribution in [0.25, 0.3) is 0 Å². The van der Waals surface area contributed by atoms with Crippen molar-refractivity contribution in [2.24, 2.45) is 92.7 Å². The van der Waals surface area contributed by atoms with Crippen LogP contribution in [-0.2, 0) is 0 Å². The summed E-state index contributed by atoms with van der Waals surface area (Å²) in [6.45, 7) is 24.8. The van der Waals surface area contributed by atoms with E-state index in [1.807, 2.05) is 0 Å². The van der Waals surface area contributed by atoms with Crippen LogP contribution >= 0.6 is 0 Å². The van der Waals surface area contributed by atoms with Gasteiger partial charge >= 0.3 is 0 Å². The first-order chi connectivity index (χ1) is 27.4. The van der Waals surface area contributed by atoms with Gasteiger partial charge in [-0.05, 0) is 195 Å². The number of hydrogen-bond donors (Lipinski definition) is 2. The second-order valence-corrected chi connectivity index (χ2v) is 24.0. The number of fused-ring (bicyclic) bond motifs is 10. The minimum absolute atomic E-state index is 0.177.